The van der Waals surface area contributed by atoms with Crippen molar-refractivity contribution in [1.82, 2.24) is 0 Å². The fourth-order valence-corrected chi connectivity index (χ4v) is 4.42. The third-order valence-electron chi connectivity index (χ3n) is 6.31. The van der Waals surface area contributed by atoms with E-state index in [1.165, 1.54) is 32.1 Å². The van der Waals surface area contributed by atoms with Crippen LogP contribution in [0.15, 0.2) is 12.2 Å². The van der Waals surface area contributed by atoms with Crippen molar-refractivity contribution in [3.05, 3.63) is 12.2 Å². The highest BCUT2D eigenvalue weighted by Gasteiger charge is 2.35. The first-order valence-corrected chi connectivity index (χ1v) is 9.95. The minimum absolute atomic E-state index is 0.143. The summed E-state index contributed by atoms with van der Waals surface area (Å²) in [5, 5.41) is 0. The topological polar surface area (TPSA) is 0 Å². The minimum Gasteiger partial charge on any atom is -0.244 e. The Balaban J connectivity index is 1.75. The van der Waals surface area contributed by atoms with Crippen LogP contribution in [0.5, 0.6) is 0 Å². The molecule has 0 aromatic rings. The molecular weight excluding hydrogens is 290 g/mol. The zero-order valence-corrected chi connectivity index (χ0v) is 15.3. The number of hydrogen-bond acceptors (Lipinski definition) is 0. The van der Waals surface area contributed by atoms with Crippen molar-refractivity contribution in [2.24, 2.45) is 29.6 Å². The molecular formula is C21H36F2. The molecule has 2 aliphatic rings. The van der Waals surface area contributed by atoms with Crippen molar-refractivity contribution >= 4 is 0 Å². The van der Waals surface area contributed by atoms with Gasteiger partial charge in [-0.2, -0.15) is 0 Å². The van der Waals surface area contributed by atoms with Gasteiger partial charge in [0.25, 0.3) is 0 Å². The maximum Gasteiger partial charge on any atom is 0.134 e. The maximum atomic E-state index is 14.3. The van der Waals surface area contributed by atoms with Gasteiger partial charge in [-0.05, 0) is 68.1 Å². The molecule has 2 aliphatic carbocycles. The van der Waals surface area contributed by atoms with Crippen LogP contribution in [0.2, 0.25) is 0 Å². The average Bonchev–Trinajstić information content (AvgIpc) is 2.59. The zero-order chi connectivity index (χ0) is 16.8. The van der Waals surface area contributed by atoms with Gasteiger partial charge in [0.1, 0.15) is 12.3 Å². The second kappa shape index (κ2) is 9.18. The first kappa shape index (κ1) is 18.9. The first-order chi connectivity index (χ1) is 11.0. The largest absolute Gasteiger partial charge is 0.244 e. The van der Waals surface area contributed by atoms with Gasteiger partial charge < -0.3 is 0 Å². The van der Waals surface area contributed by atoms with E-state index in [4.69, 9.17) is 0 Å². The lowest BCUT2D eigenvalue weighted by Gasteiger charge is -2.34. The summed E-state index contributed by atoms with van der Waals surface area (Å²) >= 11 is 0. The quantitative estimate of drug-likeness (QED) is 0.466. The fourth-order valence-electron chi connectivity index (χ4n) is 4.42. The van der Waals surface area contributed by atoms with Gasteiger partial charge in [0, 0.05) is 0 Å². The predicted molar refractivity (Wildman–Crippen MR) is 95.0 cm³/mol. The van der Waals surface area contributed by atoms with Crippen LogP contribution in [-0.4, -0.2) is 12.3 Å². The van der Waals surface area contributed by atoms with E-state index < -0.39 is 12.3 Å². The van der Waals surface area contributed by atoms with Gasteiger partial charge in [-0.25, -0.2) is 8.78 Å². The van der Waals surface area contributed by atoms with Crippen molar-refractivity contribution in [3.8, 4) is 0 Å². The monoisotopic (exact) mass is 326 g/mol. The van der Waals surface area contributed by atoms with Crippen LogP contribution in [0.25, 0.3) is 0 Å². The summed E-state index contributed by atoms with van der Waals surface area (Å²) in [4.78, 5) is 0. The Bertz CT molecular complexity index is 349. The Morgan fingerprint density at radius 1 is 0.696 bits per heavy atom. The molecule has 23 heavy (non-hydrogen) atoms. The predicted octanol–water partition coefficient (Wildman–Crippen LogP) is 6.90. The normalized spacial score (nSPS) is 31.4. The Hall–Kier alpha value is -0.400. The van der Waals surface area contributed by atoms with Crippen LogP contribution < -0.4 is 0 Å². The Labute approximate surface area is 142 Å². The standard InChI is InChI=1S/C21H36F2/c1-15(2)20(22)21(23)16(3)19-13-11-18(12-14-19)10-9-17-7-5-4-6-8-17/h9-10,15-21H,4-8,11-14H2,1-3H3. The van der Waals surface area contributed by atoms with Crippen LogP contribution in [0, 0.1) is 29.6 Å². The van der Waals surface area contributed by atoms with Gasteiger partial charge in [0.2, 0.25) is 0 Å². The van der Waals surface area contributed by atoms with Crippen LogP contribution in [0.1, 0.15) is 78.6 Å². The summed E-state index contributed by atoms with van der Waals surface area (Å²) in [5.41, 5.74) is 0. The average molecular weight is 327 g/mol. The summed E-state index contributed by atoms with van der Waals surface area (Å²) in [7, 11) is 0. The molecule has 2 saturated carbocycles. The summed E-state index contributed by atoms with van der Waals surface area (Å²) in [6, 6.07) is 0. The second-order valence-corrected chi connectivity index (χ2v) is 8.45. The van der Waals surface area contributed by atoms with E-state index in [2.05, 4.69) is 12.2 Å². The number of hydrogen-bond donors (Lipinski definition) is 0. The third-order valence-corrected chi connectivity index (χ3v) is 6.31. The summed E-state index contributed by atoms with van der Waals surface area (Å²) in [5.74, 6) is 1.47. The van der Waals surface area contributed by atoms with Gasteiger partial charge in [-0.15, -0.1) is 0 Å². The zero-order valence-electron chi connectivity index (χ0n) is 15.3. The van der Waals surface area contributed by atoms with Crippen molar-refractivity contribution < 1.29 is 8.78 Å². The molecule has 0 aliphatic heterocycles. The highest BCUT2D eigenvalue weighted by Crippen LogP contribution is 2.38. The molecule has 3 unspecified atom stereocenters. The highest BCUT2D eigenvalue weighted by molar-refractivity contribution is 4.96. The molecule has 0 aromatic carbocycles. The SMILES string of the molecule is CC(C)C(F)C(F)C(C)C1CCC(C=CC2CCCCC2)CC1. The number of halogens is 2. The van der Waals surface area contributed by atoms with Crippen molar-refractivity contribution in [2.75, 3.05) is 0 Å². The van der Waals surface area contributed by atoms with E-state index in [9.17, 15) is 8.78 Å². The van der Waals surface area contributed by atoms with E-state index in [1.54, 1.807) is 13.8 Å². The Kier molecular flexibility index (Phi) is 7.56. The van der Waals surface area contributed by atoms with E-state index in [0.717, 1.165) is 31.6 Å². The van der Waals surface area contributed by atoms with Crippen LogP contribution in [-0.2, 0) is 0 Å². The van der Waals surface area contributed by atoms with Gasteiger partial charge in [0.05, 0.1) is 0 Å². The molecule has 2 rings (SSSR count). The van der Waals surface area contributed by atoms with Crippen molar-refractivity contribution in [1.29, 1.82) is 0 Å². The molecule has 2 fully saturated rings. The van der Waals surface area contributed by atoms with E-state index >= 15 is 0 Å². The second-order valence-electron chi connectivity index (χ2n) is 8.45. The molecule has 0 nitrogen and oxygen atoms in total. The van der Waals surface area contributed by atoms with Crippen LogP contribution in [0.4, 0.5) is 8.78 Å². The summed E-state index contributed by atoms with van der Waals surface area (Å²) in [6.07, 6.45) is 13.6. The minimum atomic E-state index is -1.31. The van der Waals surface area contributed by atoms with Gasteiger partial charge in [-0.3, -0.25) is 0 Å². The molecule has 3 atom stereocenters. The lowest BCUT2D eigenvalue weighted by molar-refractivity contribution is 0.0474. The lowest BCUT2D eigenvalue weighted by Crippen LogP contribution is -2.34. The molecule has 0 spiro atoms. The van der Waals surface area contributed by atoms with Crippen molar-refractivity contribution in [2.45, 2.75) is 90.9 Å². The van der Waals surface area contributed by atoms with Gasteiger partial charge >= 0.3 is 0 Å². The number of rotatable bonds is 6. The van der Waals surface area contributed by atoms with E-state index in [0.29, 0.717) is 11.8 Å². The molecule has 2 heteroatoms. The maximum absolute atomic E-state index is 14.3. The van der Waals surface area contributed by atoms with Crippen LogP contribution in [0.3, 0.4) is 0 Å². The molecule has 134 valence electrons. The highest BCUT2D eigenvalue weighted by atomic mass is 19.2. The fraction of sp³-hybridized carbons (Fsp3) is 0.905. The smallest absolute Gasteiger partial charge is 0.134 e. The summed E-state index contributed by atoms with van der Waals surface area (Å²) in [6.45, 7) is 5.47. The van der Waals surface area contributed by atoms with Gasteiger partial charge in [-0.1, -0.05) is 52.2 Å². The summed E-state index contributed by atoms with van der Waals surface area (Å²) < 4.78 is 28.3. The Morgan fingerprint density at radius 2 is 1.22 bits per heavy atom. The van der Waals surface area contributed by atoms with Crippen LogP contribution >= 0.6 is 0 Å². The lowest BCUT2D eigenvalue weighted by atomic mass is 9.73. The van der Waals surface area contributed by atoms with Crippen molar-refractivity contribution in [3.63, 3.8) is 0 Å². The third kappa shape index (κ3) is 5.57. The van der Waals surface area contributed by atoms with E-state index in [1.807, 2.05) is 6.92 Å². The van der Waals surface area contributed by atoms with Gasteiger partial charge in [0.15, 0.2) is 0 Å². The molecule has 0 aromatic heterocycles. The first-order valence-electron chi connectivity index (χ1n) is 9.95. The molecule has 0 bridgehead atoms. The molecule has 0 heterocycles. The Morgan fingerprint density at radius 3 is 1.74 bits per heavy atom. The number of allylic oxidation sites excluding steroid dienone is 2. The number of alkyl halides is 2. The molecule has 0 saturated heterocycles. The van der Waals surface area contributed by atoms with E-state index in [-0.39, 0.29) is 11.8 Å². The molecule has 0 N–H and O–H groups in total. The molecule has 0 radical (unpaired) electrons. The molecule has 0 amide bonds.